The van der Waals surface area contributed by atoms with E-state index in [1.807, 2.05) is 36.4 Å². The summed E-state index contributed by atoms with van der Waals surface area (Å²) in [5.41, 5.74) is 0.818. The van der Waals surface area contributed by atoms with Gasteiger partial charge in [0.15, 0.2) is 0 Å². The molecule has 0 bridgehead atoms. The minimum absolute atomic E-state index is 0.0210. The second-order valence-corrected chi connectivity index (χ2v) is 8.19. The van der Waals surface area contributed by atoms with Gasteiger partial charge in [0.25, 0.3) is 0 Å². The number of hydrogen-bond acceptors (Lipinski definition) is 3. The van der Waals surface area contributed by atoms with E-state index in [4.69, 9.17) is 4.74 Å². The van der Waals surface area contributed by atoms with Crippen molar-refractivity contribution in [3.8, 4) is 23.0 Å². The first-order chi connectivity index (χ1) is 15.4. The standard InChI is InChI=1S/C25H18F3NO2S/c26-25(27,28)32-18-13-11-17(12-14-18)6-5-15-29-24(30)31-16-23-21-9-3-1-7-19(21)20-8-2-4-10-22(20)23/h1-4,7-14,23H,15-16H2,(H,29,30). The van der Waals surface area contributed by atoms with Crippen molar-refractivity contribution in [2.24, 2.45) is 0 Å². The number of alkyl carbamates (subject to hydrolysis) is 1. The molecular formula is C25H18F3NO2S. The molecule has 0 aliphatic heterocycles. The van der Waals surface area contributed by atoms with Crippen LogP contribution in [0.4, 0.5) is 18.0 Å². The molecule has 0 aromatic heterocycles. The monoisotopic (exact) mass is 453 g/mol. The summed E-state index contributed by atoms with van der Waals surface area (Å²) < 4.78 is 42.5. The molecule has 0 unspecified atom stereocenters. The summed E-state index contributed by atoms with van der Waals surface area (Å²) in [6.45, 7) is 0.279. The van der Waals surface area contributed by atoms with Crippen molar-refractivity contribution in [2.45, 2.75) is 16.3 Å². The Bertz CT molecular complexity index is 1130. The lowest BCUT2D eigenvalue weighted by atomic mass is 9.98. The molecule has 0 radical (unpaired) electrons. The summed E-state index contributed by atoms with van der Waals surface area (Å²) in [5, 5.41) is 2.58. The Morgan fingerprint density at radius 1 is 0.938 bits per heavy atom. The molecule has 0 spiro atoms. The molecule has 0 saturated heterocycles. The second-order valence-electron chi connectivity index (χ2n) is 7.05. The average molecular weight is 453 g/mol. The van der Waals surface area contributed by atoms with E-state index >= 15 is 0 Å². The molecule has 1 aliphatic carbocycles. The van der Waals surface area contributed by atoms with Crippen LogP contribution in [0.5, 0.6) is 0 Å². The van der Waals surface area contributed by atoms with Gasteiger partial charge in [-0.15, -0.1) is 0 Å². The first-order valence-corrected chi connectivity index (χ1v) is 10.7. The number of amides is 1. The molecule has 1 N–H and O–H groups in total. The van der Waals surface area contributed by atoms with Crippen molar-refractivity contribution in [3.05, 3.63) is 89.5 Å². The Labute approximate surface area is 188 Å². The van der Waals surface area contributed by atoms with E-state index in [9.17, 15) is 18.0 Å². The van der Waals surface area contributed by atoms with E-state index < -0.39 is 11.6 Å². The topological polar surface area (TPSA) is 38.3 Å². The highest BCUT2D eigenvalue weighted by molar-refractivity contribution is 8.00. The van der Waals surface area contributed by atoms with Gasteiger partial charge in [0.2, 0.25) is 0 Å². The number of benzene rings is 3. The van der Waals surface area contributed by atoms with Crippen molar-refractivity contribution >= 4 is 17.9 Å². The normalized spacial score (nSPS) is 12.3. The highest BCUT2D eigenvalue weighted by atomic mass is 32.2. The SMILES string of the molecule is O=C(NCC#Cc1ccc(SC(F)(F)F)cc1)OCC1c2ccccc2-c2ccccc21. The number of carbonyl (C=O) groups is 1. The third-order valence-electron chi connectivity index (χ3n) is 4.99. The van der Waals surface area contributed by atoms with Crippen LogP contribution in [0, 0.1) is 11.8 Å². The van der Waals surface area contributed by atoms with E-state index in [1.165, 1.54) is 24.3 Å². The van der Waals surface area contributed by atoms with Crippen molar-refractivity contribution in [1.29, 1.82) is 0 Å². The summed E-state index contributed by atoms with van der Waals surface area (Å²) in [6.07, 6.45) is -0.571. The summed E-state index contributed by atoms with van der Waals surface area (Å²) in [6, 6.07) is 21.9. The molecule has 1 aliphatic rings. The van der Waals surface area contributed by atoms with Gasteiger partial charge >= 0.3 is 11.6 Å². The summed E-state index contributed by atoms with van der Waals surface area (Å²) >= 11 is -0.173. The van der Waals surface area contributed by atoms with E-state index in [1.54, 1.807) is 0 Å². The van der Waals surface area contributed by atoms with E-state index in [0.717, 1.165) is 22.3 Å². The maximum absolute atomic E-state index is 12.4. The highest BCUT2D eigenvalue weighted by Crippen LogP contribution is 2.44. The molecule has 3 nitrogen and oxygen atoms in total. The Morgan fingerprint density at radius 2 is 1.53 bits per heavy atom. The second kappa shape index (κ2) is 9.41. The molecule has 0 atom stereocenters. The van der Waals surface area contributed by atoms with Gasteiger partial charge in [-0.05, 0) is 58.3 Å². The largest absolute Gasteiger partial charge is 0.449 e. The van der Waals surface area contributed by atoms with Gasteiger partial charge < -0.3 is 10.1 Å². The predicted molar refractivity (Wildman–Crippen MR) is 118 cm³/mol. The lowest BCUT2D eigenvalue weighted by molar-refractivity contribution is -0.0328. The lowest BCUT2D eigenvalue weighted by Crippen LogP contribution is -2.26. The fourth-order valence-electron chi connectivity index (χ4n) is 3.65. The maximum atomic E-state index is 12.4. The van der Waals surface area contributed by atoms with Gasteiger partial charge in [0.05, 0.1) is 6.54 Å². The number of nitrogens with one attached hydrogen (secondary N) is 1. The molecule has 7 heteroatoms. The van der Waals surface area contributed by atoms with Crippen LogP contribution in [0.25, 0.3) is 11.1 Å². The molecule has 0 saturated carbocycles. The number of ether oxygens (including phenoxy) is 1. The molecule has 3 aromatic rings. The fourth-order valence-corrected chi connectivity index (χ4v) is 4.19. The van der Waals surface area contributed by atoms with Crippen LogP contribution in [0.3, 0.4) is 0 Å². The Hall–Kier alpha value is -3.37. The van der Waals surface area contributed by atoms with Crippen molar-refractivity contribution < 1.29 is 22.7 Å². The molecule has 4 rings (SSSR count). The van der Waals surface area contributed by atoms with Crippen LogP contribution in [0.15, 0.2) is 77.7 Å². The third kappa shape index (κ3) is 5.27. The molecule has 0 fully saturated rings. The lowest BCUT2D eigenvalue weighted by Gasteiger charge is -2.14. The number of hydrogen-bond donors (Lipinski definition) is 1. The Morgan fingerprint density at radius 3 is 2.12 bits per heavy atom. The average Bonchev–Trinajstić information content (AvgIpc) is 3.09. The van der Waals surface area contributed by atoms with Gasteiger partial charge in [-0.3, -0.25) is 0 Å². The smallest absolute Gasteiger partial charge is 0.446 e. The summed E-state index contributed by atoms with van der Waals surface area (Å²) in [7, 11) is 0. The number of fused-ring (bicyclic) bond motifs is 3. The quantitative estimate of drug-likeness (QED) is 0.378. The molecular weight excluding hydrogens is 435 g/mol. The van der Waals surface area contributed by atoms with E-state index in [2.05, 4.69) is 29.3 Å². The van der Waals surface area contributed by atoms with Crippen LogP contribution in [-0.2, 0) is 4.74 Å². The first kappa shape index (κ1) is 21.8. The van der Waals surface area contributed by atoms with Gasteiger partial charge in [-0.25, -0.2) is 4.79 Å². The third-order valence-corrected chi connectivity index (χ3v) is 5.72. The van der Waals surface area contributed by atoms with Gasteiger partial charge in [0, 0.05) is 16.4 Å². The van der Waals surface area contributed by atoms with E-state index in [0.29, 0.717) is 5.56 Å². The Kier molecular flexibility index (Phi) is 6.42. The molecule has 1 amide bonds. The van der Waals surface area contributed by atoms with Crippen LogP contribution < -0.4 is 5.32 Å². The zero-order valence-electron chi connectivity index (χ0n) is 16.8. The molecule has 32 heavy (non-hydrogen) atoms. The fraction of sp³-hybridized carbons (Fsp3) is 0.160. The summed E-state index contributed by atoms with van der Waals surface area (Å²) in [5.74, 6) is 5.55. The first-order valence-electron chi connectivity index (χ1n) is 9.84. The molecule has 3 aromatic carbocycles. The predicted octanol–water partition coefficient (Wildman–Crippen LogP) is 6.19. The van der Waals surface area contributed by atoms with E-state index in [-0.39, 0.29) is 35.7 Å². The van der Waals surface area contributed by atoms with Gasteiger partial charge in [-0.1, -0.05) is 60.4 Å². The van der Waals surface area contributed by atoms with Crippen LogP contribution in [0.1, 0.15) is 22.6 Å². The number of rotatable bonds is 4. The highest BCUT2D eigenvalue weighted by Gasteiger charge is 2.29. The zero-order chi connectivity index (χ0) is 22.6. The van der Waals surface area contributed by atoms with Gasteiger partial charge in [0.1, 0.15) is 6.61 Å². The summed E-state index contributed by atoms with van der Waals surface area (Å²) in [4.78, 5) is 12.2. The van der Waals surface area contributed by atoms with Crippen LogP contribution >= 0.6 is 11.8 Å². The molecule has 0 heterocycles. The van der Waals surface area contributed by atoms with Crippen molar-refractivity contribution in [2.75, 3.05) is 13.2 Å². The van der Waals surface area contributed by atoms with Crippen LogP contribution in [-0.4, -0.2) is 24.8 Å². The van der Waals surface area contributed by atoms with Crippen LogP contribution in [0.2, 0.25) is 0 Å². The maximum Gasteiger partial charge on any atom is 0.446 e. The van der Waals surface area contributed by atoms with Crippen molar-refractivity contribution in [1.82, 2.24) is 5.32 Å². The zero-order valence-corrected chi connectivity index (χ0v) is 17.6. The minimum Gasteiger partial charge on any atom is -0.449 e. The number of alkyl halides is 3. The van der Waals surface area contributed by atoms with Crippen molar-refractivity contribution in [3.63, 3.8) is 0 Å². The number of thioether (sulfide) groups is 1. The Balaban J connectivity index is 1.29. The number of halogens is 3. The minimum atomic E-state index is -4.32. The molecule has 162 valence electrons. The van der Waals surface area contributed by atoms with Gasteiger partial charge in [-0.2, -0.15) is 13.2 Å². The number of carbonyl (C=O) groups excluding carboxylic acids is 1.